The van der Waals surface area contributed by atoms with Crippen molar-refractivity contribution in [1.82, 2.24) is 4.72 Å². The van der Waals surface area contributed by atoms with Crippen molar-refractivity contribution in [3.05, 3.63) is 59.7 Å². The van der Waals surface area contributed by atoms with Crippen LogP contribution >= 0.6 is 0 Å². The van der Waals surface area contributed by atoms with E-state index in [-0.39, 0.29) is 5.75 Å². The highest BCUT2D eigenvalue weighted by molar-refractivity contribution is 7.89. The summed E-state index contributed by atoms with van der Waals surface area (Å²) in [6.45, 7) is 1.48. The summed E-state index contributed by atoms with van der Waals surface area (Å²) in [5, 5.41) is 0. The molecule has 1 aliphatic rings. The molecule has 0 atom stereocenters. The van der Waals surface area contributed by atoms with Crippen molar-refractivity contribution in [3.63, 3.8) is 0 Å². The van der Waals surface area contributed by atoms with Gasteiger partial charge in [0.05, 0.1) is 5.75 Å². The average Bonchev–Trinajstić information content (AvgIpc) is 2.61. The molecule has 2 aromatic rings. The molecule has 2 aromatic carbocycles. The van der Waals surface area contributed by atoms with Gasteiger partial charge in [0.15, 0.2) is 11.5 Å². The van der Waals surface area contributed by atoms with E-state index in [1.807, 2.05) is 48.5 Å². The van der Waals surface area contributed by atoms with Crippen LogP contribution < -0.4 is 14.2 Å². The molecule has 0 spiro atoms. The van der Waals surface area contributed by atoms with E-state index < -0.39 is 10.0 Å². The monoisotopic (exact) mass is 347 g/mol. The molecule has 0 aromatic heterocycles. The van der Waals surface area contributed by atoms with E-state index >= 15 is 0 Å². The van der Waals surface area contributed by atoms with Gasteiger partial charge in [0, 0.05) is 6.54 Å². The Balaban J connectivity index is 1.48. The highest BCUT2D eigenvalue weighted by Gasteiger charge is 2.13. The van der Waals surface area contributed by atoms with Crippen LogP contribution in [0.3, 0.4) is 0 Å². The SMILES string of the molecule is O=S(=O)(CCc1ccccc1)NCCc1ccc2c(c1)OCCO2. The number of sulfonamides is 1. The third-order valence-corrected chi connectivity index (χ3v) is 5.23. The molecule has 0 bridgehead atoms. The van der Waals surface area contributed by atoms with Crippen molar-refractivity contribution in [3.8, 4) is 11.5 Å². The van der Waals surface area contributed by atoms with Crippen LogP contribution in [0, 0.1) is 0 Å². The molecule has 0 radical (unpaired) electrons. The zero-order valence-corrected chi connectivity index (χ0v) is 14.2. The topological polar surface area (TPSA) is 64.6 Å². The van der Waals surface area contributed by atoms with Gasteiger partial charge in [-0.05, 0) is 36.1 Å². The van der Waals surface area contributed by atoms with Crippen molar-refractivity contribution < 1.29 is 17.9 Å². The first-order valence-electron chi connectivity index (χ1n) is 8.02. The van der Waals surface area contributed by atoms with E-state index in [1.165, 1.54) is 0 Å². The third kappa shape index (κ3) is 4.72. The summed E-state index contributed by atoms with van der Waals surface area (Å²) >= 11 is 0. The highest BCUT2D eigenvalue weighted by Crippen LogP contribution is 2.30. The van der Waals surface area contributed by atoms with Crippen molar-refractivity contribution in [2.75, 3.05) is 25.5 Å². The van der Waals surface area contributed by atoms with Gasteiger partial charge in [-0.3, -0.25) is 0 Å². The Kier molecular flexibility index (Phi) is 5.37. The number of aryl methyl sites for hydroxylation is 1. The van der Waals surface area contributed by atoms with Gasteiger partial charge in [0.25, 0.3) is 0 Å². The molecule has 0 fully saturated rings. The standard InChI is InChI=1S/C18H21NO4S/c20-24(21,13-9-15-4-2-1-3-5-15)19-10-8-16-6-7-17-18(14-16)23-12-11-22-17/h1-7,14,19H,8-13H2. The third-order valence-electron chi connectivity index (χ3n) is 3.84. The summed E-state index contributed by atoms with van der Waals surface area (Å²) in [7, 11) is -3.27. The second kappa shape index (κ2) is 7.68. The van der Waals surface area contributed by atoms with Gasteiger partial charge in [-0.1, -0.05) is 36.4 Å². The first-order valence-corrected chi connectivity index (χ1v) is 9.67. The summed E-state index contributed by atoms with van der Waals surface area (Å²) in [5.41, 5.74) is 2.04. The van der Waals surface area contributed by atoms with Crippen LogP contribution in [0.15, 0.2) is 48.5 Å². The lowest BCUT2D eigenvalue weighted by Gasteiger charge is -2.18. The zero-order chi connectivity index (χ0) is 16.8. The molecular weight excluding hydrogens is 326 g/mol. The van der Waals surface area contributed by atoms with Crippen molar-refractivity contribution in [2.45, 2.75) is 12.8 Å². The molecule has 6 heteroatoms. The summed E-state index contributed by atoms with van der Waals surface area (Å²) in [6, 6.07) is 15.3. The molecule has 0 saturated carbocycles. The maximum Gasteiger partial charge on any atom is 0.211 e. The van der Waals surface area contributed by atoms with E-state index in [0.717, 1.165) is 22.6 Å². The minimum atomic E-state index is -3.27. The first-order chi connectivity index (χ1) is 11.6. The quantitative estimate of drug-likeness (QED) is 0.834. The second-order valence-electron chi connectivity index (χ2n) is 5.68. The molecule has 3 rings (SSSR count). The number of benzene rings is 2. The van der Waals surface area contributed by atoms with Gasteiger partial charge in [0.2, 0.25) is 10.0 Å². The first kappa shape index (κ1) is 16.8. The van der Waals surface area contributed by atoms with Crippen LogP contribution in [-0.4, -0.2) is 33.9 Å². The van der Waals surface area contributed by atoms with Gasteiger partial charge in [-0.2, -0.15) is 0 Å². The van der Waals surface area contributed by atoms with E-state index in [9.17, 15) is 8.42 Å². The minimum Gasteiger partial charge on any atom is -0.486 e. The molecule has 0 unspecified atom stereocenters. The molecule has 0 aliphatic carbocycles. The van der Waals surface area contributed by atoms with Gasteiger partial charge >= 0.3 is 0 Å². The van der Waals surface area contributed by atoms with E-state index in [0.29, 0.717) is 32.6 Å². The van der Waals surface area contributed by atoms with Crippen LogP contribution in [0.5, 0.6) is 11.5 Å². The van der Waals surface area contributed by atoms with Gasteiger partial charge in [-0.15, -0.1) is 0 Å². The largest absolute Gasteiger partial charge is 0.486 e. The summed E-state index contributed by atoms with van der Waals surface area (Å²) in [4.78, 5) is 0. The molecule has 24 heavy (non-hydrogen) atoms. The molecular formula is C18H21NO4S. The Hall–Kier alpha value is -2.05. The number of hydrogen-bond donors (Lipinski definition) is 1. The van der Waals surface area contributed by atoms with E-state index in [1.54, 1.807) is 0 Å². The van der Waals surface area contributed by atoms with Gasteiger partial charge in [-0.25, -0.2) is 13.1 Å². The fourth-order valence-corrected chi connectivity index (χ4v) is 3.63. The fourth-order valence-electron chi connectivity index (χ4n) is 2.56. The normalized spacial score (nSPS) is 13.7. The predicted molar refractivity (Wildman–Crippen MR) is 93.1 cm³/mol. The van der Waals surface area contributed by atoms with Crippen molar-refractivity contribution in [2.24, 2.45) is 0 Å². The molecule has 0 saturated heterocycles. The summed E-state index contributed by atoms with van der Waals surface area (Å²) < 4.78 is 37.8. The Morgan fingerprint density at radius 1 is 0.875 bits per heavy atom. The smallest absolute Gasteiger partial charge is 0.211 e. The number of nitrogens with one attached hydrogen (secondary N) is 1. The Bertz CT molecular complexity index is 775. The van der Waals surface area contributed by atoms with Gasteiger partial charge in [0.1, 0.15) is 13.2 Å². The molecule has 1 N–H and O–H groups in total. The van der Waals surface area contributed by atoms with Crippen LogP contribution in [0.2, 0.25) is 0 Å². The van der Waals surface area contributed by atoms with Gasteiger partial charge < -0.3 is 9.47 Å². The zero-order valence-electron chi connectivity index (χ0n) is 13.4. The lowest BCUT2D eigenvalue weighted by Crippen LogP contribution is -2.29. The Morgan fingerprint density at radius 3 is 2.42 bits per heavy atom. The number of ether oxygens (including phenoxy) is 2. The molecule has 128 valence electrons. The van der Waals surface area contributed by atoms with Crippen LogP contribution in [0.25, 0.3) is 0 Å². The summed E-state index contributed by atoms with van der Waals surface area (Å²) in [5.74, 6) is 1.57. The molecule has 1 heterocycles. The van der Waals surface area contributed by atoms with Crippen molar-refractivity contribution >= 4 is 10.0 Å². The minimum absolute atomic E-state index is 0.0954. The van der Waals surface area contributed by atoms with Crippen LogP contribution in [0.4, 0.5) is 0 Å². The molecule has 0 amide bonds. The highest BCUT2D eigenvalue weighted by atomic mass is 32.2. The van der Waals surface area contributed by atoms with Crippen molar-refractivity contribution in [1.29, 1.82) is 0 Å². The molecule has 1 aliphatic heterocycles. The average molecular weight is 347 g/mol. The maximum absolute atomic E-state index is 12.1. The maximum atomic E-state index is 12.1. The molecule has 5 nitrogen and oxygen atoms in total. The lowest BCUT2D eigenvalue weighted by atomic mass is 10.1. The van der Waals surface area contributed by atoms with E-state index in [2.05, 4.69) is 4.72 Å². The van der Waals surface area contributed by atoms with Crippen LogP contribution in [-0.2, 0) is 22.9 Å². The number of fused-ring (bicyclic) bond motifs is 1. The predicted octanol–water partition coefficient (Wildman–Crippen LogP) is 2.16. The lowest BCUT2D eigenvalue weighted by molar-refractivity contribution is 0.171. The second-order valence-corrected chi connectivity index (χ2v) is 7.60. The fraction of sp³-hybridized carbons (Fsp3) is 0.333. The Morgan fingerprint density at radius 2 is 1.62 bits per heavy atom. The van der Waals surface area contributed by atoms with Crippen LogP contribution in [0.1, 0.15) is 11.1 Å². The number of rotatable bonds is 7. The summed E-state index contributed by atoms with van der Waals surface area (Å²) in [6.07, 6.45) is 1.13. The Labute approximate surface area is 142 Å². The van der Waals surface area contributed by atoms with E-state index in [4.69, 9.17) is 9.47 Å². The number of hydrogen-bond acceptors (Lipinski definition) is 4.